The monoisotopic (exact) mass is 441 g/mol. The highest BCUT2D eigenvalue weighted by Gasteiger charge is 2.32. The lowest BCUT2D eigenvalue weighted by Gasteiger charge is -2.23. The molecule has 1 aliphatic heterocycles. The Morgan fingerprint density at radius 1 is 1.31 bits per heavy atom. The number of nitrogens with zero attached hydrogens (tertiary/aromatic N) is 4. The lowest BCUT2D eigenvalue weighted by Crippen LogP contribution is -2.38. The molecule has 1 amide bonds. The first kappa shape index (κ1) is 21.2. The summed E-state index contributed by atoms with van der Waals surface area (Å²) in [6.07, 6.45) is 0.464. The quantitative estimate of drug-likeness (QED) is 0.480. The molecule has 12 heteroatoms. The molecule has 1 aliphatic rings. The SMILES string of the molecule is COc1ccc(-c2nnc(SCC(=O)N(C)[C@@H]3CCS(=O)(=O)C3)n2N)cc1OC. The van der Waals surface area contributed by atoms with E-state index < -0.39 is 9.84 Å². The first-order chi connectivity index (χ1) is 13.8. The molecule has 0 unspecified atom stereocenters. The average Bonchev–Trinajstić information content (AvgIpc) is 3.26. The predicted octanol–water partition coefficient (Wildman–Crippen LogP) is 0.414. The van der Waals surface area contributed by atoms with Gasteiger partial charge in [0, 0.05) is 18.7 Å². The average molecular weight is 442 g/mol. The highest BCUT2D eigenvalue weighted by Crippen LogP contribution is 2.32. The third-order valence-electron chi connectivity index (χ3n) is 4.78. The smallest absolute Gasteiger partial charge is 0.233 e. The summed E-state index contributed by atoms with van der Waals surface area (Å²) in [7, 11) is 1.65. The zero-order valence-corrected chi connectivity index (χ0v) is 18.0. The molecule has 0 spiro atoms. The van der Waals surface area contributed by atoms with E-state index in [-0.39, 0.29) is 29.2 Å². The summed E-state index contributed by atoms with van der Waals surface area (Å²) in [4.78, 5) is 13.9. The van der Waals surface area contributed by atoms with Crippen LogP contribution in [0.15, 0.2) is 23.4 Å². The van der Waals surface area contributed by atoms with Gasteiger partial charge in [-0.1, -0.05) is 11.8 Å². The van der Waals surface area contributed by atoms with Crippen molar-refractivity contribution >= 4 is 27.5 Å². The van der Waals surface area contributed by atoms with Crippen molar-refractivity contribution in [3.63, 3.8) is 0 Å². The highest BCUT2D eigenvalue weighted by atomic mass is 32.2. The fraction of sp³-hybridized carbons (Fsp3) is 0.471. The number of rotatable bonds is 7. The van der Waals surface area contributed by atoms with E-state index >= 15 is 0 Å². The van der Waals surface area contributed by atoms with E-state index in [9.17, 15) is 13.2 Å². The molecular weight excluding hydrogens is 418 g/mol. The standard InChI is InChI=1S/C17H23N5O5S2/c1-21(12-6-7-29(24,25)10-12)15(23)9-28-17-20-19-16(22(17)18)11-4-5-13(26-2)14(8-11)27-3/h4-5,8,12H,6-7,9-10,18H2,1-3H3/t12-/m1/s1. The lowest BCUT2D eigenvalue weighted by molar-refractivity contribution is -0.128. The van der Waals surface area contributed by atoms with Crippen molar-refractivity contribution in [3.05, 3.63) is 18.2 Å². The second kappa shape index (κ2) is 8.49. The maximum absolute atomic E-state index is 12.4. The number of methoxy groups -OCH3 is 2. The molecule has 1 saturated heterocycles. The molecule has 2 aromatic rings. The van der Waals surface area contributed by atoms with Gasteiger partial charge in [-0.2, -0.15) is 0 Å². The van der Waals surface area contributed by atoms with Crippen molar-refractivity contribution in [2.24, 2.45) is 0 Å². The van der Waals surface area contributed by atoms with E-state index in [1.54, 1.807) is 32.4 Å². The molecule has 10 nitrogen and oxygen atoms in total. The Balaban J connectivity index is 1.68. The first-order valence-corrected chi connectivity index (χ1v) is 11.6. The Morgan fingerprint density at radius 3 is 2.66 bits per heavy atom. The van der Waals surface area contributed by atoms with E-state index in [1.807, 2.05) is 0 Å². The topological polar surface area (TPSA) is 130 Å². The number of carbonyl (C=O) groups excluding carboxylic acids is 1. The van der Waals surface area contributed by atoms with Gasteiger partial charge in [-0.25, -0.2) is 13.1 Å². The van der Waals surface area contributed by atoms with Crippen molar-refractivity contribution < 1.29 is 22.7 Å². The minimum Gasteiger partial charge on any atom is -0.493 e. The third-order valence-corrected chi connectivity index (χ3v) is 7.46. The van der Waals surface area contributed by atoms with Gasteiger partial charge >= 0.3 is 0 Å². The Labute approximate surface area is 173 Å². The Bertz CT molecular complexity index is 1010. The number of nitrogens with two attached hydrogens (primary N) is 1. The van der Waals surface area contributed by atoms with Gasteiger partial charge in [0.15, 0.2) is 27.2 Å². The van der Waals surface area contributed by atoms with Gasteiger partial charge in [-0.05, 0) is 24.6 Å². The van der Waals surface area contributed by atoms with E-state index in [4.69, 9.17) is 15.3 Å². The van der Waals surface area contributed by atoms with Crippen LogP contribution in [0.25, 0.3) is 11.4 Å². The number of nitrogen functional groups attached to an aromatic ring is 1. The molecular formula is C17H23N5O5S2. The van der Waals surface area contributed by atoms with Crippen LogP contribution in [0, 0.1) is 0 Å². The molecule has 0 bridgehead atoms. The minimum atomic E-state index is -3.05. The predicted molar refractivity (Wildman–Crippen MR) is 109 cm³/mol. The normalized spacial score (nSPS) is 17.8. The number of hydrogen-bond donors (Lipinski definition) is 1. The summed E-state index contributed by atoms with van der Waals surface area (Å²) in [5, 5.41) is 8.53. The van der Waals surface area contributed by atoms with Gasteiger partial charge < -0.3 is 20.2 Å². The van der Waals surface area contributed by atoms with E-state index in [2.05, 4.69) is 10.2 Å². The summed E-state index contributed by atoms with van der Waals surface area (Å²) < 4.78 is 35.1. The molecule has 0 radical (unpaired) electrons. The van der Waals surface area contributed by atoms with Gasteiger partial charge in [-0.3, -0.25) is 4.79 Å². The summed E-state index contributed by atoms with van der Waals surface area (Å²) in [6, 6.07) is 4.97. The van der Waals surface area contributed by atoms with E-state index in [0.717, 1.165) is 11.8 Å². The molecule has 158 valence electrons. The number of hydrogen-bond acceptors (Lipinski definition) is 9. The van der Waals surface area contributed by atoms with Crippen LogP contribution in [-0.2, 0) is 14.6 Å². The lowest BCUT2D eigenvalue weighted by atomic mass is 10.2. The molecule has 2 heterocycles. The zero-order chi connectivity index (χ0) is 21.2. The summed E-state index contributed by atoms with van der Waals surface area (Å²) >= 11 is 1.14. The molecule has 1 atom stereocenters. The fourth-order valence-electron chi connectivity index (χ4n) is 3.06. The molecule has 1 fully saturated rings. The number of benzene rings is 1. The third kappa shape index (κ3) is 4.58. The second-order valence-corrected chi connectivity index (χ2v) is 9.77. The van der Waals surface area contributed by atoms with Crippen molar-refractivity contribution in [1.82, 2.24) is 19.8 Å². The first-order valence-electron chi connectivity index (χ1n) is 8.77. The molecule has 1 aromatic heterocycles. The molecule has 29 heavy (non-hydrogen) atoms. The molecule has 0 aliphatic carbocycles. The highest BCUT2D eigenvalue weighted by molar-refractivity contribution is 7.99. The van der Waals surface area contributed by atoms with Crippen LogP contribution in [-0.4, -0.2) is 78.7 Å². The Hall–Kier alpha value is -2.47. The molecule has 0 saturated carbocycles. The van der Waals surface area contributed by atoms with Gasteiger partial charge in [-0.15, -0.1) is 10.2 Å². The number of amides is 1. The van der Waals surface area contributed by atoms with Gasteiger partial charge in [0.2, 0.25) is 11.1 Å². The van der Waals surface area contributed by atoms with Gasteiger partial charge in [0.25, 0.3) is 0 Å². The van der Waals surface area contributed by atoms with E-state index in [1.165, 1.54) is 16.7 Å². The van der Waals surface area contributed by atoms with Crippen LogP contribution in [0.3, 0.4) is 0 Å². The van der Waals surface area contributed by atoms with Gasteiger partial charge in [0.05, 0.1) is 31.5 Å². The van der Waals surface area contributed by atoms with Crippen molar-refractivity contribution in [2.45, 2.75) is 17.6 Å². The van der Waals surface area contributed by atoms with Crippen LogP contribution >= 0.6 is 11.8 Å². The maximum Gasteiger partial charge on any atom is 0.233 e. The summed E-state index contributed by atoms with van der Waals surface area (Å²) in [6.45, 7) is 0. The number of aromatic nitrogens is 3. The number of carbonyl (C=O) groups is 1. The van der Waals surface area contributed by atoms with Crippen LogP contribution < -0.4 is 15.3 Å². The van der Waals surface area contributed by atoms with E-state index in [0.29, 0.717) is 34.5 Å². The van der Waals surface area contributed by atoms with Crippen molar-refractivity contribution in [2.75, 3.05) is 44.4 Å². The summed E-state index contributed by atoms with van der Waals surface area (Å²) in [5.41, 5.74) is 0.684. The summed E-state index contributed by atoms with van der Waals surface area (Å²) in [5.74, 6) is 7.66. The van der Waals surface area contributed by atoms with Crippen LogP contribution in [0.2, 0.25) is 0 Å². The van der Waals surface area contributed by atoms with Crippen LogP contribution in [0.1, 0.15) is 6.42 Å². The maximum atomic E-state index is 12.4. The number of thioether (sulfide) groups is 1. The second-order valence-electron chi connectivity index (χ2n) is 6.60. The minimum absolute atomic E-state index is 0.0103. The zero-order valence-electron chi connectivity index (χ0n) is 16.4. The number of sulfone groups is 1. The van der Waals surface area contributed by atoms with Crippen LogP contribution in [0.5, 0.6) is 11.5 Å². The van der Waals surface area contributed by atoms with Crippen molar-refractivity contribution in [3.8, 4) is 22.9 Å². The Morgan fingerprint density at radius 2 is 2.03 bits per heavy atom. The van der Waals surface area contributed by atoms with Gasteiger partial charge in [0.1, 0.15) is 0 Å². The van der Waals surface area contributed by atoms with Crippen LogP contribution in [0.4, 0.5) is 0 Å². The largest absolute Gasteiger partial charge is 0.493 e. The fourth-order valence-corrected chi connectivity index (χ4v) is 5.61. The molecule has 3 rings (SSSR count). The Kier molecular flexibility index (Phi) is 6.22. The molecule has 2 N–H and O–H groups in total. The number of ether oxygens (including phenoxy) is 2. The molecule has 1 aromatic carbocycles. The van der Waals surface area contributed by atoms with Crippen molar-refractivity contribution in [1.29, 1.82) is 0 Å².